The Kier molecular flexibility index (Phi) is 6.00. The van der Waals surface area contributed by atoms with Gasteiger partial charge in [0.25, 0.3) is 0 Å². The number of carboxylic acid groups (broad SMARTS) is 2. The Labute approximate surface area is 145 Å². The molecule has 132 valence electrons. The predicted octanol–water partition coefficient (Wildman–Crippen LogP) is 3.13. The molecule has 0 bridgehead atoms. The summed E-state index contributed by atoms with van der Waals surface area (Å²) in [4.78, 5) is 23.5. The average molecular weight is 344 g/mol. The van der Waals surface area contributed by atoms with Gasteiger partial charge in [-0.1, -0.05) is 36.4 Å². The summed E-state index contributed by atoms with van der Waals surface area (Å²) in [5.41, 5.74) is 0.959. The summed E-state index contributed by atoms with van der Waals surface area (Å²) in [5, 5.41) is 19.2. The van der Waals surface area contributed by atoms with Crippen molar-refractivity contribution in [3.63, 3.8) is 0 Å². The van der Waals surface area contributed by atoms with Crippen LogP contribution in [0.15, 0.2) is 48.5 Å². The molecule has 0 heterocycles. The number of hydrogen-bond acceptors (Lipinski definition) is 4. The third-order valence-corrected chi connectivity index (χ3v) is 4.08. The monoisotopic (exact) mass is 344 g/mol. The topological polar surface area (TPSA) is 93.1 Å². The maximum absolute atomic E-state index is 12.1. The lowest BCUT2D eigenvalue weighted by Crippen LogP contribution is -2.23. The van der Waals surface area contributed by atoms with Crippen LogP contribution in [0.2, 0.25) is 0 Å². The molecule has 2 atom stereocenters. The van der Waals surface area contributed by atoms with Crippen LogP contribution in [0.25, 0.3) is 0 Å². The fraction of sp³-hybridized carbons (Fsp3) is 0.263. The van der Waals surface area contributed by atoms with Gasteiger partial charge in [0, 0.05) is 11.5 Å². The van der Waals surface area contributed by atoms with Gasteiger partial charge in [-0.15, -0.1) is 0 Å². The summed E-state index contributed by atoms with van der Waals surface area (Å²) >= 11 is 0. The first-order chi connectivity index (χ1) is 12.0. The minimum atomic E-state index is -1.12. The van der Waals surface area contributed by atoms with Gasteiger partial charge in [-0.25, -0.2) is 0 Å². The molecule has 0 aliphatic carbocycles. The lowest BCUT2D eigenvalue weighted by Gasteiger charge is -2.26. The van der Waals surface area contributed by atoms with Crippen molar-refractivity contribution in [2.24, 2.45) is 0 Å². The first kappa shape index (κ1) is 18.3. The number of carbonyl (C=O) groups is 2. The van der Waals surface area contributed by atoms with E-state index in [-0.39, 0.29) is 6.42 Å². The summed E-state index contributed by atoms with van der Waals surface area (Å²) in [7, 11) is 2.92. The van der Waals surface area contributed by atoms with Gasteiger partial charge in [0.1, 0.15) is 11.5 Å². The molecule has 2 aromatic rings. The molecule has 0 aromatic heterocycles. The highest BCUT2D eigenvalue weighted by Crippen LogP contribution is 2.42. The quantitative estimate of drug-likeness (QED) is 0.764. The minimum absolute atomic E-state index is 0.352. The third-order valence-electron chi connectivity index (χ3n) is 4.08. The maximum Gasteiger partial charge on any atom is 0.311 e. The summed E-state index contributed by atoms with van der Waals surface area (Å²) in [6, 6.07) is 13.6. The second kappa shape index (κ2) is 8.19. The van der Waals surface area contributed by atoms with Gasteiger partial charge >= 0.3 is 11.9 Å². The van der Waals surface area contributed by atoms with Crippen molar-refractivity contribution in [3.8, 4) is 11.5 Å². The van der Waals surface area contributed by atoms with Gasteiger partial charge in [0.2, 0.25) is 0 Å². The Morgan fingerprint density at radius 1 is 0.880 bits per heavy atom. The Hall–Kier alpha value is -3.02. The molecule has 0 fully saturated rings. The standard InChI is InChI=1S/C19H20O6/c1-24-15-9-5-3-7-12(15)14(11-17(20)21)18(19(22)23)13-8-4-6-10-16(13)25-2/h3-10,14,18H,11H2,1-2H3,(H,20,21)(H,22,23). The van der Waals surface area contributed by atoms with E-state index in [2.05, 4.69) is 0 Å². The van der Waals surface area contributed by atoms with Crippen LogP contribution in [0.5, 0.6) is 11.5 Å². The van der Waals surface area contributed by atoms with Crippen LogP contribution in [-0.4, -0.2) is 36.4 Å². The smallest absolute Gasteiger partial charge is 0.311 e. The first-order valence-electron chi connectivity index (χ1n) is 7.70. The van der Waals surface area contributed by atoms with Crippen molar-refractivity contribution in [2.45, 2.75) is 18.3 Å². The molecular weight excluding hydrogens is 324 g/mol. The summed E-state index contributed by atoms with van der Waals surface area (Å²) in [5.74, 6) is -3.26. The van der Waals surface area contributed by atoms with Crippen LogP contribution in [-0.2, 0) is 9.59 Å². The fourth-order valence-corrected chi connectivity index (χ4v) is 3.01. The molecule has 0 saturated carbocycles. The average Bonchev–Trinajstić information content (AvgIpc) is 2.61. The number of carboxylic acids is 2. The molecule has 0 amide bonds. The van der Waals surface area contributed by atoms with E-state index >= 15 is 0 Å². The van der Waals surface area contributed by atoms with E-state index in [4.69, 9.17) is 9.47 Å². The van der Waals surface area contributed by atoms with Crippen LogP contribution >= 0.6 is 0 Å². The summed E-state index contributed by atoms with van der Waals surface area (Å²) < 4.78 is 10.6. The molecule has 2 N–H and O–H groups in total. The van der Waals surface area contributed by atoms with Crippen molar-refractivity contribution in [3.05, 3.63) is 59.7 Å². The Balaban J connectivity index is 2.63. The molecule has 25 heavy (non-hydrogen) atoms. The molecule has 0 aliphatic heterocycles. The number of benzene rings is 2. The Morgan fingerprint density at radius 3 is 1.84 bits per heavy atom. The first-order valence-corrected chi connectivity index (χ1v) is 7.70. The van der Waals surface area contributed by atoms with Crippen molar-refractivity contribution < 1.29 is 29.3 Å². The van der Waals surface area contributed by atoms with Crippen LogP contribution < -0.4 is 9.47 Å². The predicted molar refractivity (Wildman–Crippen MR) is 91.4 cm³/mol. The van der Waals surface area contributed by atoms with Gasteiger partial charge in [0.15, 0.2) is 0 Å². The zero-order valence-electron chi connectivity index (χ0n) is 14.0. The normalized spacial score (nSPS) is 12.9. The van der Waals surface area contributed by atoms with Gasteiger partial charge in [-0.05, 0) is 17.7 Å². The minimum Gasteiger partial charge on any atom is -0.496 e. The molecule has 2 unspecified atom stereocenters. The number of hydrogen-bond donors (Lipinski definition) is 2. The van der Waals surface area contributed by atoms with Crippen molar-refractivity contribution in [1.29, 1.82) is 0 Å². The van der Waals surface area contributed by atoms with Crippen LogP contribution in [0.4, 0.5) is 0 Å². The summed E-state index contributed by atoms with van der Waals surface area (Å²) in [6.07, 6.45) is -0.352. The number of ether oxygens (including phenoxy) is 2. The van der Waals surface area contributed by atoms with E-state index in [9.17, 15) is 19.8 Å². The molecule has 0 spiro atoms. The second-order valence-corrected chi connectivity index (χ2v) is 5.50. The van der Waals surface area contributed by atoms with Gasteiger partial charge in [0.05, 0.1) is 26.6 Å². The second-order valence-electron chi connectivity index (χ2n) is 5.50. The number of methoxy groups -OCH3 is 2. The lowest BCUT2D eigenvalue weighted by molar-refractivity contribution is -0.141. The van der Waals surface area contributed by atoms with Gasteiger partial charge in [-0.3, -0.25) is 9.59 Å². The molecular formula is C19H20O6. The Bertz CT molecular complexity index is 755. The highest BCUT2D eigenvalue weighted by atomic mass is 16.5. The van der Waals surface area contributed by atoms with E-state index in [1.807, 2.05) is 0 Å². The third kappa shape index (κ3) is 4.09. The lowest BCUT2D eigenvalue weighted by atomic mass is 9.78. The van der Waals surface area contributed by atoms with E-state index in [1.165, 1.54) is 14.2 Å². The zero-order chi connectivity index (χ0) is 18.4. The van der Waals surface area contributed by atoms with Crippen molar-refractivity contribution in [2.75, 3.05) is 14.2 Å². The molecule has 0 saturated heterocycles. The molecule has 2 aromatic carbocycles. The maximum atomic E-state index is 12.1. The number of aliphatic carboxylic acids is 2. The number of rotatable bonds is 8. The van der Waals surface area contributed by atoms with Crippen LogP contribution in [0.1, 0.15) is 29.4 Å². The van der Waals surface area contributed by atoms with E-state index in [0.29, 0.717) is 22.6 Å². The molecule has 0 radical (unpaired) electrons. The molecule has 6 heteroatoms. The van der Waals surface area contributed by atoms with Gasteiger partial charge < -0.3 is 19.7 Å². The number of para-hydroxylation sites is 2. The fourth-order valence-electron chi connectivity index (χ4n) is 3.01. The molecule has 2 rings (SSSR count). The van der Waals surface area contributed by atoms with E-state index in [0.717, 1.165) is 0 Å². The molecule has 6 nitrogen and oxygen atoms in total. The van der Waals surface area contributed by atoms with E-state index in [1.54, 1.807) is 48.5 Å². The van der Waals surface area contributed by atoms with Gasteiger partial charge in [-0.2, -0.15) is 0 Å². The highest BCUT2D eigenvalue weighted by molar-refractivity contribution is 5.81. The van der Waals surface area contributed by atoms with Crippen molar-refractivity contribution >= 4 is 11.9 Å². The van der Waals surface area contributed by atoms with E-state index < -0.39 is 23.8 Å². The largest absolute Gasteiger partial charge is 0.496 e. The zero-order valence-corrected chi connectivity index (χ0v) is 14.0. The SMILES string of the molecule is COc1ccccc1C(CC(=O)O)C(C(=O)O)c1ccccc1OC. The van der Waals surface area contributed by atoms with Crippen molar-refractivity contribution in [1.82, 2.24) is 0 Å². The van der Waals surface area contributed by atoms with Crippen LogP contribution in [0, 0.1) is 0 Å². The van der Waals surface area contributed by atoms with Crippen LogP contribution in [0.3, 0.4) is 0 Å². The Morgan fingerprint density at radius 2 is 1.36 bits per heavy atom. The molecule has 0 aliphatic rings. The highest BCUT2D eigenvalue weighted by Gasteiger charge is 2.36. The summed E-state index contributed by atoms with van der Waals surface area (Å²) in [6.45, 7) is 0.